The molecule has 20 heavy (non-hydrogen) atoms. The molecule has 1 heterocycles. The number of hydroxylamine groups is 2. The van der Waals surface area contributed by atoms with Crippen molar-refractivity contribution >= 4 is 0 Å². The Morgan fingerprint density at radius 1 is 1.35 bits per heavy atom. The summed E-state index contributed by atoms with van der Waals surface area (Å²) in [4.78, 5) is 16.9. The van der Waals surface area contributed by atoms with Crippen LogP contribution in [0.3, 0.4) is 0 Å². The van der Waals surface area contributed by atoms with Gasteiger partial charge in [-0.1, -0.05) is 26.0 Å². The predicted molar refractivity (Wildman–Crippen MR) is 74.0 cm³/mol. The zero-order valence-corrected chi connectivity index (χ0v) is 12.1. The van der Waals surface area contributed by atoms with Crippen LogP contribution in [-0.4, -0.2) is 36.3 Å². The van der Waals surface area contributed by atoms with Gasteiger partial charge in [0, 0.05) is 12.0 Å². The Morgan fingerprint density at radius 2 is 1.95 bits per heavy atom. The van der Waals surface area contributed by atoms with Crippen molar-refractivity contribution < 1.29 is 14.5 Å². The standard InChI is InChI=1S/C14H20N2O4/c1-9(2)14-13(16(17)18)12(15(3)20-14)10-5-7-11(19-4)8-6-10/h5-9,12-14H,1-4H3/t12-,13+,14-/m0/s1. The van der Waals surface area contributed by atoms with Crippen LogP contribution < -0.4 is 4.74 Å². The van der Waals surface area contributed by atoms with Crippen LogP contribution in [0, 0.1) is 16.0 Å². The number of benzene rings is 1. The highest BCUT2D eigenvalue weighted by atomic mass is 16.7. The van der Waals surface area contributed by atoms with Crippen molar-refractivity contribution in [3.8, 4) is 5.75 Å². The highest BCUT2D eigenvalue weighted by Gasteiger charge is 2.51. The second kappa shape index (κ2) is 5.76. The van der Waals surface area contributed by atoms with Gasteiger partial charge in [0.05, 0.1) is 7.11 Å². The molecule has 0 aliphatic carbocycles. The second-order valence-electron chi connectivity index (χ2n) is 5.35. The summed E-state index contributed by atoms with van der Waals surface area (Å²) in [6.07, 6.45) is -0.415. The maximum Gasteiger partial charge on any atom is 0.262 e. The van der Waals surface area contributed by atoms with Crippen LogP contribution in [0.25, 0.3) is 0 Å². The molecule has 6 heteroatoms. The average molecular weight is 280 g/mol. The van der Waals surface area contributed by atoms with Gasteiger partial charge in [-0.25, -0.2) is 0 Å². The van der Waals surface area contributed by atoms with Crippen LogP contribution in [0.5, 0.6) is 5.75 Å². The maximum absolute atomic E-state index is 11.4. The molecule has 0 spiro atoms. The van der Waals surface area contributed by atoms with Crippen LogP contribution in [0.4, 0.5) is 0 Å². The predicted octanol–water partition coefficient (Wildman–Crippen LogP) is 2.28. The van der Waals surface area contributed by atoms with Crippen molar-refractivity contribution in [3.63, 3.8) is 0 Å². The van der Waals surface area contributed by atoms with Gasteiger partial charge in [0.1, 0.15) is 11.8 Å². The van der Waals surface area contributed by atoms with E-state index in [4.69, 9.17) is 9.57 Å². The summed E-state index contributed by atoms with van der Waals surface area (Å²) in [7, 11) is 3.34. The molecule has 1 fully saturated rings. The van der Waals surface area contributed by atoms with E-state index in [1.165, 1.54) is 0 Å². The minimum atomic E-state index is -0.770. The molecule has 0 aromatic heterocycles. The summed E-state index contributed by atoms with van der Waals surface area (Å²) in [5, 5.41) is 13.0. The first-order chi connectivity index (χ1) is 9.45. The zero-order valence-electron chi connectivity index (χ0n) is 12.1. The Hall–Kier alpha value is -1.66. The summed E-state index contributed by atoms with van der Waals surface area (Å²) in [6.45, 7) is 3.87. The average Bonchev–Trinajstić information content (AvgIpc) is 2.77. The van der Waals surface area contributed by atoms with E-state index in [0.717, 1.165) is 11.3 Å². The van der Waals surface area contributed by atoms with Gasteiger partial charge in [0.15, 0.2) is 6.10 Å². The van der Waals surface area contributed by atoms with Crippen LogP contribution >= 0.6 is 0 Å². The smallest absolute Gasteiger partial charge is 0.262 e. The monoisotopic (exact) mass is 280 g/mol. The van der Waals surface area contributed by atoms with E-state index in [0.29, 0.717) is 0 Å². The number of hydrogen-bond acceptors (Lipinski definition) is 5. The van der Waals surface area contributed by atoms with Gasteiger partial charge < -0.3 is 4.74 Å². The maximum atomic E-state index is 11.4. The second-order valence-corrected chi connectivity index (χ2v) is 5.35. The van der Waals surface area contributed by atoms with Crippen LogP contribution in [0.1, 0.15) is 25.5 Å². The fourth-order valence-electron chi connectivity index (χ4n) is 2.67. The Kier molecular flexibility index (Phi) is 4.25. The molecule has 1 saturated heterocycles. The van der Waals surface area contributed by atoms with Crippen molar-refractivity contribution in [2.45, 2.75) is 32.0 Å². The Bertz CT molecular complexity index is 475. The lowest BCUT2D eigenvalue weighted by Crippen LogP contribution is -2.37. The van der Waals surface area contributed by atoms with E-state index >= 15 is 0 Å². The molecule has 1 aromatic rings. The van der Waals surface area contributed by atoms with Crippen molar-refractivity contribution in [2.75, 3.05) is 14.2 Å². The molecule has 6 nitrogen and oxygen atoms in total. The minimum Gasteiger partial charge on any atom is -0.497 e. The van der Waals surface area contributed by atoms with E-state index < -0.39 is 12.1 Å². The topological polar surface area (TPSA) is 64.8 Å². The summed E-state index contributed by atoms with van der Waals surface area (Å²) >= 11 is 0. The van der Waals surface area contributed by atoms with E-state index in [9.17, 15) is 10.1 Å². The number of nitrogens with zero attached hydrogens (tertiary/aromatic N) is 2. The van der Waals surface area contributed by atoms with Gasteiger partial charge in [-0.2, -0.15) is 5.06 Å². The number of hydrogen-bond donors (Lipinski definition) is 0. The molecule has 1 aliphatic rings. The molecule has 2 rings (SSSR count). The van der Waals surface area contributed by atoms with Crippen molar-refractivity contribution in [1.82, 2.24) is 5.06 Å². The molecule has 110 valence electrons. The fraction of sp³-hybridized carbons (Fsp3) is 0.571. The molecule has 1 aromatic carbocycles. The summed E-state index contributed by atoms with van der Waals surface area (Å²) in [5.41, 5.74) is 0.859. The molecule has 0 bridgehead atoms. The van der Waals surface area contributed by atoms with Crippen LogP contribution in [0.2, 0.25) is 0 Å². The highest BCUT2D eigenvalue weighted by Crippen LogP contribution is 2.38. The fourth-order valence-corrected chi connectivity index (χ4v) is 2.67. The SMILES string of the molecule is COc1ccc([C@H]2[C@@H]([N+](=O)[O-])[C@H](C(C)C)ON2C)cc1. The Balaban J connectivity index is 2.34. The first kappa shape index (κ1) is 14.7. The number of rotatable bonds is 4. The molecular formula is C14H20N2O4. The third-order valence-electron chi connectivity index (χ3n) is 3.70. The van der Waals surface area contributed by atoms with Gasteiger partial charge in [-0.3, -0.25) is 15.0 Å². The van der Waals surface area contributed by atoms with E-state index in [-0.39, 0.29) is 16.9 Å². The number of nitro groups is 1. The Labute approximate surface area is 118 Å². The first-order valence-electron chi connectivity index (χ1n) is 6.62. The number of likely N-dealkylation sites (N-methyl/N-ethyl adjacent to an activating group) is 1. The quantitative estimate of drug-likeness (QED) is 0.625. The van der Waals surface area contributed by atoms with Gasteiger partial charge in [0.25, 0.3) is 6.04 Å². The molecule has 0 unspecified atom stereocenters. The van der Waals surface area contributed by atoms with Crippen molar-refractivity contribution in [2.24, 2.45) is 5.92 Å². The number of ether oxygens (including phenoxy) is 1. The third kappa shape index (κ3) is 2.62. The molecule has 3 atom stereocenters. The third-order valence-corrected chi connectivity index (χ3v) is 3.70. The summed E-state index contributed by atoms with van der Waals surface area (Å²) < 4.78 is 5.11. The van der Waals surface area contributed by atoms with Crippen LogP contribution in [-0.2, 0) is 4.84 Å². The zero-order chi connectivity index (χ0) is 14.9. The van der Waals surface area contributed by atoms with Crippen LogP contribution in [0.15, 0.2) is 24.3 Å². The number of methoxy groups -OCH3 is 1. The first-order valence-corrected chi connectivity index (χ1v) is 6.62. The molecule has 0 saturated carbocycles. The molecule has 0 radical (unpaired) electrons. The summed E-state index contributed by atoms with van der Waals surface area (Å²) in [5.74, 6) is 0.810. The van der Waals surface area contributed by atoms with E-state index in [1.807, 2.05) is 38.1 Å². The normalized spacial score (nSPS) is 26.9. The van der Waals surface area contributed by atoms with Gasteiger partial charge in [-0.15, -0.1) is 0 Å². The highest BCUT2D eigenvalue weighted by molar-refractivity contribution is 5.30. The van der Waals surface area contributed by atoms with Crippen molar-refractivity contribution in [3.05, 3.63) is 39.9 Å². The summed E-state index contributed by atoms with van der Waals surface area (Å²) in [6, 6.07) is 6.16. The minimum absolute atomic E-state index is 0.0797. The Morgan fingerprint density at radius 3 is 2.40 bits per heavy atom. The van der Waals surface area contributed by atoms with Gasteiger partial charge >= 0.3 is 0 Å². The van der Waals surface area contributed by atoms with E-state index in [1.54, 1.807) is 19.2 Å². The molecule has 0 N–H and O–H groups in total. The van der Waals surface area contributed by atoms with Gasteiger partial charge in [-0.05, 0) is 23.6 Å². The van der Waals surface area contributed by atoms with Crippen molar-refractivity contribution in [1.29, 1.82) is 0 Å². The molecule has 1 aliphatic heterocycles. The largest absolute Gasteiger partial charge is 0.497 e. The lowest BCUT2D eigenvalue weighted by Gasteiger charge is -2.18. The van der Waals surface area contributed by atoms with E-state index in [2.05, 4.69) is 0 Å². The lowest BCUT2D eigenvalue weighted by atomic mass is 9.91. The molecule has 0 amide bonds. The van der Waals surface area contributed by atoms with Gasteiger partial charge in [0.2, 0.25) is 0 Å². The molecular weight excluding hydrogens is 260 g/mol. The lowest BCUT2D eigenvalue weighted by molar-refractivity contribution is -0.531.